The molecule has 0 aliphatic rings. The Kier molecular flexibility index (Phi) is 9.53. The topological polar surface area (TPSA) is 90.6 Å². The fourth-order valence-electron chi connectivity index (χ4n) is 4.04. The van der Waals surface area contributed by atoms with Gasteiger partial charge in [0.1, 0.15) is 6.61 Å². The van der Waals surface area contributed by atoms with E-state index in [1.165, 1.54) is 11.8 Å². The Hall–Kier alpha value is -4.60. The summed E-state index contributed by atoms with van der Waals surface area (Å²) >= 11 is 7.36. The molecule has 212 valence electrons. The number of carbonyl (C=O) groups excluding carboxylic acids is 1. The molecule has 0 radical (unpaired) electrons. The second kappa shape index (κ2) is 13.8. The lowest BCUT2D eigenvalue weighted by Gasteiger charge is -2.11. The molecule has 0 saturated carbocycles. The highest BCUT2D eigenvalue weighted by molar-refractivity contribution is 7.99. The van der Waals surface area contributed by atoms with Gasteiger partial charge in [-0.25, -0.2) is 5.43 Å². The number of nitrogens with one attached hydrogen (secondary N) is 1. The van der Waals surface area contributed by atoms with Crippen LogP contribution in [0.3, 0.4) is 0 Å². The number of hydrazone groups is 1. The number of amides is 1. The van der Waals surface area contributed by atoms with Gasteiger partial charge in [-0.1, -0.05) is 71.4 Å². The molecule has 0 spiro atoms. The molecule has 0 atom stereocenters. The molecule has 4 aromatic carbocycles. The lowest BCUT2D eigenvalue weighted by Crippen LogP contribution is -2.20. The number of hydrogen-bond acceptors (Lipinski definition) is 7. The average molecular weight is 598 g/mol. The predicted molar refractivity (Wildman–Crippen MR) is 167 cm³/mol. The van der Waals surface area contributed by atoms with Gasteiger partial charge in [0.2, 0.25) is 0 Å². The molecule has 0 aliphatic carbocycles. The number of hydrogen-bond donors (Lipinski definition) is 1. The maximum absolute atomic E-state index is 12.7. The lowest BCUT2D eigenvalue weighted by molar-refractivity contribution is -0.118. The summed E-state index contributed by atoms with van der Waals surface area (Å²) in [6.07, 6.45) is 1.56. The van der Waals surface area contributed by atoms with Gasteiger partial charge in [-0.15, -0.1) is 10.2 Å². The number of aromatic nitrogens is 3. The quantitative estimate of drug-likeness (QED) is 0.103. The van der Waals surface area contributed by atoms with Crippen LogP contribution in [0.5, 0.6) is 11.5 Å². The molecule has 0 unspecified atom stereocenters. The average Bonchev–Trinajstić information content (AvgIpc) is 3.44. The third-order valence-electron chi connectivity index (χ3n) is 6.19. The number of methoxy groups -OCH3 is 1. The SMILES string of the molecule is COc1ccc(/C=N\NC(=O)CSc2nnc(-c3ccc(Cl)cc3)n2-c2ccc(C)cc2)cc1OCc1ccccc1. The van der Waals surface area contributed by atoms with Crippen molar-refractivity contribution in [3.05, 3.63) is 119 Å². The van der Waals surface area contributed by atoms with Crippen LogP contribution in [0.2, 0.25) is 5.02 Å². The summed E-state index contributed by atoms with van der Waals surface area (Å²) in [4.78, 5) is 12.7. The number of rotatable bonds is 11. The first kappa shape index (κ1) is 28.9. The summed E-state index contributed by atoms with van der Waals surface area (Å²) in [6.45, 7) is 2.43. The maximum Gasteiger partial charge on any atom is 0.250 e. The van der Waals surface area contributed by atoms with E-state index in [9.17, 15) is 4.79 Å². The van der Waals surface area contributed by atoms with Crippen molar-refractivity contribution in [1.82, 2.24) is 20.2 Å². The summed E-state index contributed by atoms with van der Waals surface area (Å²) < 4.78 is 13.3. The van der Waals surface area contributed by atoms with Gasteiger partial charge in [-0.3, -0.25) is 9.36 Å². The zero-order chi connectivity index (χ0) is 29.3. The van der Waals surface area contributed by atoms with E-state index in [1.807, 2.05) is 102 Å². The molecule has 5 rings (SSSR count). The highest BCUT2D eigenvalue weighted by Gasteiger charge is 2.17. The second-order valence-corrected chi connectivity index (χ2v) is 10.6. The molecule has 10 heteroatoms. The first-order valence-corrected chi connectivity index (χ1v) is 14.4. The molecule has 42 heavy (non-hydrogen) atoms. The van der Waals surface area contributed by atoms with Crippen molar-refractivity contribution in [3.8, 4) is 28.6 Å². The minimum Gasteiger partial charge on any atom is -0.493 e. The van der Waals surface area contributed by atoms with Crippen molar-refractivity contribution in [2.45, 2.75) is 18.7 Å². The van der Waals surface area contributed by atoms with Gasteiger partial charge in [0.15, 0.2) is 22.5 Å². The van der Waals surface area contributed by atoms with Crippen LogP contribution in [-0.2, 0) is 11.4 Å². The van der Waals surface area contributed by atoms with Gasteiger partial charge in [0.05, 0.1) is 19.1 Å². The minimum atomic E-state index is -0.281. The molecule has 0 fully saturated rings. The fraction of sp³-hybridized carbons (Fsp3) is 0.125. The number of benzene rings is 4. The highest BCUT2D eigenvalue weighted by Crippen LogP contribution is 2.30. The summed E-state index contributed by atoms with van der Waals surface area (Å²) in [5, 5.41) is 14.1. The standard InChI is InChI=1S/C32H28ClN5O3S/c1-22-8-15-27(16-9-22)38-31(25-11-13-26(33)14-12-25)36-37-32(38)42-21-30(39)35-34-19-24-10-17-28(40-2)29(18-24)41-20-23-6-4-3-5-7-23/h3-19H,20-21H2,1-2H3,(H,35,39)/b34-19-. The Balaban J connectivity index is 1.24. The van der Waals surface area contributed by atoms with Crippen LogP contribution in [0.1, 0.15) is 16.7 Å². The van der Waals surface area contributed by atoms with Crippen LogP contribution in [0.25, 0.3) is 17.1 Å². The molecular weight excluding hydrogens is 570 g/mol. The number of halogens is 1. The summed E-state index contributed by atoms with van der Waals surface area (Å²) in [7, 11) is 1.59. The number of nitrogens with zero attached hydrogens (tertiary/aromatic N) is 4. The molecule has 5 aromatic rings. The first-order chi connectivity index (χ1) is 20.5. The lowest BCUT2D eigenvalue weighted by atomic mass is 10.2. The smallest absolute Gasteiger partial charge is 0.250 e. The molecule has 8 nitrogen and oxygen atoms in total. The molecule has 1 N–H and O–H groups in total. The Morgan fingerprint density at radius 2 is 1.74 bits per heavy atom. The van der Waals surface area contributed by atoms with E-state index in [1.54, 1.807) is 19.4 Å². The molecule has 0 aliphatic heterocycles. The van der Waals surface area contributed by atoms with E-state index in [0.717, 1.165) is 27.9 Å². The van der Waals surface area contributed by atoms with E-state index in [-0.39, 0.29) is 11.7 Å². The summed E-state index contributed by atoms with van der Waals surface area (Å²) in [5.41, 5.74) is 7.26. The van der Waals surface area contributed by atoms with Crippen molar-refractivity contribution >= 4 is 35.5 Å². The van der Waals surface area contributed by atoms with Crippen LogP contribution in [0.4, 0.5) is 0 Å². The molecule has 1 heterocycles. The molecule has 1 aromatic heterocycles. The largest absolute Gasteiger partial charge is 0.493 e. The Morgan fingerprint density at radius 1 is 0.976 bits per heavy atom. The van der Waals surface area contributed by atoms with Gasteiger partial charge < -0.3 is 9.47 Å². The van der Waals surface area contributed by atoms with Crippen LogP contribution in [-0.4, -0.2) is 39.7 Å². The van der Waals surface area contributed by atoms with Gasteiger partial charge in [-0.05, 0) is 72.6 Å². The third kappa shape index (κ3) is 7.37. The van der Waals surface area contributed by atoms with Crippen LogP contribution < -0.4 is 14.9 Å². The van der Waals surface area contributed by atoms with E-state index in [2.05, 4.69) is 20.7 Å². The Labute approximate surface area is 253 Å². The van der Waals surface area contributed by atoms with E-state index >= 15 is 0 Å². The fourth-order valence-corrected chi connectivity index (χ4v) is 4.91. The van der Waals surface area contributed by atoms with Crippen molar-refractivity contribution in [3.63, 3.8) is 0 Å². The highest BCUT2D eigenvalue weighted by atomic mass is 35.5. The van der Waals surface area contributed by atoms with E-state index < -0.39 is 0 Å². The van der Waals surface area contributed by atoms with Crippen molar-refractivity contribution in [1.29, 1.82) is 0 Å². The molecule has 0 bridgehead atoms. The second-order valence-electron chi connectivity index (χ2n) is 9.25. The minimum absolute atomic E-state index is 0.0933. The third-order valence-corrected chi connectivity index (χ3v) is 7.37. The van der Waals surface area contributed by atoms with Gasteiger partial charge in [0, 0.05) is 16.3 Å². The van der Waals surface area contributed by atoms with Gasteiger partial charge in [0.25, 0.3) is 5.91 Å². The number of carbonyl (C=O) groups is 1. The normalized spacial score (nSPS) is 11.0. The van der Waals surface area contributed by atoms with E-state index in [4.69, 9.17) is 21.1 Å². The molecule has 1 amide bonds. The van der Waals surface area contributed by atoms with Crippen molar-refractivity contribution < 1.29 is 14.3 Å². The zero-order valence-corrected chi connectivity index (χ0v) is 24.6. The molecule has 0 saturated heterocycles. The van der Waals surface area contributed by atoms with Gasteiger partial charge in [-0.2, -0.15) is 5.10 Å². The first-order valence-electron chi connectivity index (χ1n) is 13.1. The summed E-state index contributed by atoms with van der Waals surface area (Å²) in [5.74, 6) is 1.66. The number of aryl methyl sites for hydroxylation is 1. The number of thioether (sulfide) groups is 1. The Morgan fingerprint density at radius 3 is 2.48 bits per heavy atom. The van der Waals surface area contributed by atoms with Crippen molar-refractivity contribution in [2.24, 2.45) is 5.10 Å². The Bertz CT molecular complexity index is 1670. The summed E-state index contributed by atoms with van der Waals surface area (Å²) in [6, 6.07) is 30.8. The molecular formula is C32H28ClN5O3S. The zero-order valence-electron chi connectivity index (χ0n) is 23.0. The van der Waals surface area contributed by atoms with Crippen LogP contribution in [0, 0.1) is 6.92 Å². The monoisotopic (exact) mass is 597 g/mol. The predicted octanol–water partition coefficient (Wildman–Crippen LogP) is 6.73. The van der Waals surface area contributed by atoms with Crippen LogP contribution >= 0.6 is 23.4 Å². The van der Waals surface area contributed by atoms with Gasteiger partial charge >= 0.3 is 0 Å². The number of ether oxygens (including phenoxy) is 2. The maximum atomic E-state index is 12.7. The van der Waals surface area contributed by atoms with Crippen molar-refractivity contribution in [2.75, 3.05) is 12.9 Å². The van der Waals surface area contributed by atoms with Crippen LogP contribution in [0.15, 0.2) is 107 Å². The van der Waals surface area contributed by atoms with E-state index in [0.29, 0.717) is 34.1 Å².